The summed E-state index contributed by atoms with van der Waals surface area (Å²) in [5.74, 6) is 1.70. The minimum atomic E-state index is 0.279. The third-order valence-corrected chi connectivity index (χ3v) is 4.24. The lowest BCUT2D eigenvalue weighted by Gasteiger charge is -2.36. The van der Waals surface area contributed by atoms with Crippen molar-refractivity contribution in [3.63, 3.8) is 0 Å². The van der Waals surface area contributed by atoms with Crippen LogP contribution in [0, 0.1) is 0 Å². The highest BCUT2D eigenvalue weighted by atomic mass is 16.6. The average molecular weight is 292 g/mol. The molecule has 2 heterocycles. The number of benzene rings is 1. The van der Waals surface area contributed by atoms with Gasteiger partial charge in [0, 0.05) is 25.2 Å². The lowest BCUT2D eigenvalue weighted by molar-refractivity contribution is -0.00418. The summed E-state index contributed by atoms with van der Waals surface area (Å²) in [7, 11) is 2.01. The van der Waals surface area contributed by atoms with Crippen LogP contribution in [0.2, 0.25) is 0 Å². The second-order valence-corrected chi connectivity index (χ2v) is 5.66. The van der Waals surface area contributed by atoms with Crippen LogP contribution in [0.25, 0.3) is 0 Å². The number of fused-ring (bicyclic) bond motifs is 1. The Morgan fingerprint density at radius 2 is 2.05 bits per heavy atom. The van der Waals surface area contributed by atoms with Crippen LogP contribution in [-0.4, -0.2) is 57.5 Å². The number of nitrogens with zero attached hydrogens (tertiary/aromatic N) is 1. The van der Waals surface area contributed by atoms with Gasteiger partial charge in [-0.25, -0.2) is 0 Å². The molecule has 1 saturated heterocycles. The monoisotopic (exact) mass is 292 g/mol. The molecule has 1 aromatic carbocycles. The third-order valence-electron chi connectivity index (χ3n) is 4.24. The van der Waals surface area contributed by atoms with E-state index in [0.29, 0.717) is 19.3 Å². The van der Waals surface area contributed by atoms with Crippen LogP contribution in [0.5, 0.6) is 11.5 Å². The van der Waals surface area contributed by atoms with Gasteiger partial charge in [-0.15, -0.1) is 0 Å². The van der Waals surface area contributed by atoms with Crippen molar-refractivity contribution in [2.24, 2.45) is 0 Å². The smallest absolute Gasteiger partial charge is 0.161 e. The molecule has 116 valence electrons. The summed E-state index contributed by atoms with van der Waals surface area (Å²) in [5, 5.41) is 3.41. The SMILES string of the molecule is CNC(CN1CCOCC1C)c1ccc2c(c1)OCCO2. The van der Waals surface area contributed by atoms with Gasteiger partial charge in [0.1, 0.15) is 13.2 Å². The first kappa shape index (κ1) is 14.6. The highest BCUT2D eigenvalue weighted by molar-refractivity contribution is 5.44. The van der Waals surface area contributed by atoms with Crippen molar-refractivity contribution in [3.05, 3.63) is 23.8 Å². The maximum Gasteiger partial charge on any atom is 0.161 e. The molecule has 5 heteroatoms. The van der Waals surface area contributed by atoms with Crippen LogP contribution < -0.4 is 14.8 Å². The minimum Gasteiger partial charge on any atom is -0.486 e. The summed E-state index contributed by atoms with van der Waals surface area (Å²) in [5.41, 5.74) is 1.24. The third kappa shape index (κ3) is 3.31. The van der Waals surface area contributed by atoms with Gasteiger partial charge in [-0.05, 0) is 31.7 Å². The van der Waals surface area contributed by atoms with Crippen LogP contribution in [-0.2, 0) is 4.74 Å². The van der Waals surface area contributed by atoms with E-state index in [0.717, 1.165) is 37.8 Å². The van der Waals surface area contributed by atoms with Gasteiger partial charge in [-0.3, -0.25) is 4.90 Å². The molecule has 0 radical (unpaired) electrons. The molecule has 0 aromatic heterocycles. The van der Waals surface area contributed by atoms with E-state index >= 15 is 0 Å². The zero-order valence-electron chi connectivity index (χ0n) is 12.8. The Bertz CT molecular complexity index is 481. The quantitative estimate of drug-likeness (QED) is 0.909. The molecule has 5 nitrogen and oxygen atoms in total. The molecule has 0 bridgehead atoms. The fourth-order valence-electron chi connectivity index (χ4n) is 2.91. The molecule has 2 aliphatic heterocycles. The Labute approximate surface area is 126 Å². The molecule has 2 atom stereocenters. The molecule has 21 heavy (non-hydrogen) atoms. The average Bonchev–Trinajstić information content (AvgIpc) is 2.54. The van der Waals surface area contributed by atoms with E-state index in [1.54, 1.807) is 0 Å². The van der Waals surface area contributed by atoms with Gasteiger partial charge in [0.15, 0.2) is 11.5 Å². The molecular formula is C16H24N2O3. The molecule has 0 amide bonds. The zero-order valence-corrected chi connectivity index (χ0v) is 12.8. The molecule has 2 aliphatic rings. The van der Waals surface area contributed by atoms with Gasteiger partial charge in [-0.1, -0.05) is 6.07 Å². The van der Waals surface area contributed by atoms with Crippen LogP contribution >= 0.6 is 0 Å². The van der Waals surface area contributed by atoms with Crippen molar-refractivity contribution < 1.29 is 14.2 Å². The number of morpholine rings is 1. The summed E-state index contributed by atoms with van der Waals surface area (Å²) in [4.78, 5) is 2.47. The summed E-state index contributed by atoms with van der Waals surface area (Å²) < 4.78 is 16.8. The van der Waals surface area contributed by atoms with Gasteiger partial charge in [0.2, 0.25) is 0 Å². The van der Waals surface area contributed by atoms with Crippen molar-refractivity contribution in [3.8, 4) is 11.5 Å². The van der Waals surface area contributed by atoms with Gasteiger partial charge >= 0.3 is 0 Å². The summed E-state index contributed by atoms with van der Waals surface area (Å²) in [6.07, 6.45) is 0. The number of rotatable bonds is 4. The van der Waals surface area contributed by atoms with E-state index in [-0.39, 0.29) is 6.04 Å². The molecular weight excluding hydrogens is 268 g/mol. The van der Waals surface area contributed by atoms with Crippen LogP contribution in [0.4, 0.5) is 0 Å². The first-order valence-electron chi connectivity index (χ1n) is 7.66. The molecule has 1 aromatic rings. The van der Waals surface area contributed by atoms with Gasteiger partial charge in [-0.2, -0.15) is 0 Å². The van der Waals surface area contributed by atoms with Crippen molar-refractivity contribution in [2.45, 2.75) is 19.0 Å². The predicted octanol–water partition coefficient (Wildman–Crippen LogP) is 1.44. The standard InChI is InChI=1S/C16H24N2O3/c1-12-11-19-6-5-18(12)10-14(17-2)13-3-4-15-16(9-13)21-8-7-20-15/h3-4,9,12,14,17H,5-8,10-11H2,1-2H3. The first-order chi connectivity index (χ1) is 10.3. The molecule has 1 N–H and O–H groups in total. The Morgan fingerprint density at radius 1 is 1.24 bits per heavy atom. The first-order valence-corrected chi connectivity index (χ1v) is 7.66. The number of hydrogen-bond acceptors (Lipinski definition) is 5. The Hall–Kier alpha value is -1.30. The lowest BCUT2D eigenvalue weighted by atomic mass is 10.0. The fourth-order valence-corrected chi connectivity index (χ4v) is 2.91. The van der Waals surface area contributed by atoms with E-state index in [2.05, 4.69) is 29.3 Å². The second kappa shape index (κ2) is 6.64. The van der Waals surface area contributed by atoms with Crippen LogP contribution in [0.15, 0.2) is 18.2 Å². The van der Waals surface area contributed by atoms with E-state index in [9.17, 15) is 0 Å². The number of nitrogens with one attached hydrogen (secondary N) is 1. The molecule has 0 saturated carbocycles. The van der Waals surface area contributed by atoms with E-state index in [1.807, 2.05) is 13.1 Å². The Morgan fingerprint density at radius 3 is 2.81 bits per heavy atom. The van der Waals surface area contributed by atoms with E-state index < -0.39 is 0 Å². The summed E-state index contributed by atoms with van der Waals surface area (Å²) in [6.45, 7) is 7.08. The van der Waals surface area contributed by atoms with E-state index in [1.165, 1.54) is 5.56 Å². The number of ether oxygens (including phenoxy) is 3. The number of hydrogen-bond donors (Lipinski definition) is 1. The fraction of sp³-hybridized carbons (Fsp3) is 0.625. The lowest BCUT2D eigenvalue weighted by Crippen LogP contribution is -2.46. The van der Waals surface area contributed by atoms with Gasteiger partial charge in [0.25, 0.3) is 0 Å². The van der Waals surface area contributed by atoms with Crippen molar-refractivity contribution in [1.82, 2.24) is 10.2 Å². The topological polar surface area (TPSA) is 43.0 Å². The number of likely N-dealkylation sites (N-methyl/N-ethyl adjacent to an activating group) is 1. The van der Waals surface area contributed by atoms with Gasteiger partial charge in [0.05, 0.1) is 13.2 Å². The van der Waals surface area contributed by atoms with Crippen LogP contribution in [0.3, 0.4) is 0 Å². The molecule has 1 fully saturated rings. The largest absolute Gasteiger partial charge is 0.486 e. The van der Waals surface area contributed by atoms with E-state index in [4.69, 9.17) is 14.2 Å². The Balaban J connectivity index is 1.73. The maximum absolute atomic E-state index is 5.68. The Kier molecular flexibility index (Phi) is 4.63. The molecule has 0 aliphatic carbocycles. The summed E-state index contributed by atoms with van der Waals surface area (Å²) >= 11 is 0. The highest BCUT2D eigenvalue weighted by Gasteiger charge is 2.23. The normalized spacial score (nSPS) is 23.8. The molecule has 2 unspecified atom stereocenters. The van der Waals surface area contributed by atoms with Crippen LogP contribution in [0.1, 0.15) is 18.5 Å². The molecule has 3 rings (SSSR count). The second-order valence-electron chi connectivity index (χ2n) is 5.66. The minimum absolute atomic E-state index is 0.279. The predicted molar refractivity (Wildman–Crippen MR) is 81.1 cm³/mol. The maximum atomic E-state index is 5.68. The molecule has 0 spiro atoms. The van der Waals surface area contributed by atoms with Crippen molar-refractivity contribution in [2.75, 3.05) is 46.6 Å². The van der Waals surface area contributed by atoms with Crippen molar-refractivity contribution >= 4 is 0 Å². The summed E-state index contributed by atoms with van der Waals surface area (Å²) in [6, 6.07) is 6.98. The zero-order chi connectivity index (χ0) is 14.7. The van der Waals surface area contributed by atoms with Gasteiger partial charge < -0.3 is 19.5 Å². The van der Waals surface area contributed by atoms with Crippen molar-refractivity contribution in [1.29, 1.82) is 0 Å². The highest BCUT2D eigenvalue weighted by Crippen LogP contribution is 2.33.